The van der Waals surface area contributed by atoms with Crippen molar-refractivity contribution in [3.63, 3.8) is 0 Å². The van der Waals surface area contributed by atoms with Crippen molar-refractivity contribution >= 4 is 12.9 Å². The molecule has 0 heterocycles. The molecule has 0 atom stereocenters. The van der Waals surface area contributed by atoms with Gasteiger partial charge in [-0.25, -0.2) is 0 Å². The van der Waals surface area contributed by atoms with Crippen LogP contribution in [0.2, 0.25) is 0 Å². The van der Waals surface area contributed by atoms with Crippen molar-refractivity contribution in [3.05, 3.63) is 53.6 Å². The topological polar surface area (TPSA) is 35.5 Å². The molecule has 0 unspecified atom stereocenters. The second-order valence-corrected chi connectivity index (χ2v) is 6.71. The summed E-state index contributed by atoms with van der Waals surface area (Å²) < 4.78 is 22.9. The van der Waals surface area contributed by atoms with E-state index in [1.807, 2.05) is 24.3 Å². The lowest BCUT2D eigenvalue weighted by Crippen LogP contribution is -2.13. The summed E-state index contributed by atoms with van der Waals surface area (Å²) in [4.78, 5) is 0. The molecule has 3 rings (SSSR count). The van der Waals surface area contributed by atoms with Crippen LogP contribution in [0.1, 0.15) is 11.1 Å². The minimum absolute atomic E-state index is 0.672. The lowest BCUT2D eigenvalue weighted by Gasteiger charge is -2.17. The second kappa shape index (κ2) is 4.61. The monoisotopic (exact) mass is 274 g/mol. The van der Waals surface area contributed by atoms with E-state index in [0.29, 0.717) is 5.30 Å². The van der Waals surface area contributed by atoms with E-state index in [9.17, 15) is 4.57 Å². The van der Waals surface area contributed by atoms with Gasteiger partial charge in [-0.15, -0.1) is 0 Å². The molecule has 1 aliphatic rings. The Morgan fingerprint density at radius 3 is 2.37 bits per heavy atom. The molecule has 0 aliphatic heterocycles. The second-order valence-electron chi connectivity index (χ2n) is 4.50. The molecule has 98 valence electrons. The van der Waals surface area contributed by atoms with E-state index in [0.717, 1.165) is 17.5 Å². The highest BCUT2D eigenvalue weighted by Crippen LogP contribution is 2.49. The number of fused-ring (bicyclic) bond motifs is 3. The Labute approximate surface area is 112 Å². The molecule has 19 heavy (non-hydrogen) atoms. The molecule has 0 aromatic heterocycles. The Hall–Kier alpha value is -1.41. The molecule has 0 bridgehead atoms. The van der Waals surface area contributed by atoms with Crippen LogP contribution in [0, 0.1) is 0 Å². The van der Waals surface area contributed by atoms with Crippen molar-refractivity contribution in [1.82, 2.24) is 0 Å². The van der Waals surface area contributed by atoms with Crippen LogP contribution in [0.5, 0.6) is 0 Å². The highest BCUT2D eigenvalue weighted by Gasteiger charge is 2.31. The van der Waals surface area contributed by atoms with Crippen LogP contribution in [0.3, 0.4) is 0 Å². The lowest BCUT2D eigenvalue weighted by atomic mass is 10.1. The summed E-state index contributed by atoms with van der Waals surface area (Å²) in [5, 5.41) is 0.672. The van der Waals surface area contributed by atoms with Gasteiger partial charge in [-0.05, 0) is 34.7 Å². The summed E-state index contributed by atoms with van der Waals surface area (Å²) in [6.45, 7) is 0. The highest BCUT2D eigenvalue weighted by molar-refractivity contribution is 7.62. The van der Waals surface area contributed by atoms with Crippen LogP contribution < -0.4 is 5.30 Å². The van der Waals surface area contributed by atoms with E-state index in [2.05, 4.69) is 18.2 Å². The molecule has 1 aliphatic carbocycles. The first kappa shape index (κ1) is 12.6. The predicted octanol–water partition coefficient (Wildman–Crippen LogP) is 3.37. The van der Waals surface area contributed by atoms with Gasteiger partial charge in [-0.3, -0.25) is 4.57 Å². The van der Waals surface area contributed by atoms with E-state index in [4.69, 9.17) is 9.05 Å². The number of rotatable bonds is 3. The van der Waals surface area contributed by atoms with Crippen molar-refractivity contribution < 1.29 is 13.6 Å². The van der Waals surface area contributed by atoms with E-state index < -0.39 is 7.60 Å². The molecule has 0 saturated heterocycles. The van der Waals surface area contributed by atoms with Gasteiger partial charge in [-0.2, -0.15) is 0 Å². The van der Waals surface area contributed by atoms with Crippen LogP contribution in [0.15, 0.2) is 42.5 Å². The van der Waals surface area contributed by atoms with Gasteiger partial charge < -0.3 is 9.05 Å². The van der Waals surface area contributed by atoms with Crippen LogP contribution in [0.25, 0.3) is 11.1 Å². The fourth-order valence-corrected chi connectivity index (χ4v) is 4.01. The fraction of sp³-hybridized carbons (Fsp3) is 0.200. The average Bonchev–Trinajstić information content (AvgIpc) is 2.85. The third-order valence-electron chi connectivity index (χ3n) is 3.60. The molecule has 0 amide bonds. The van der Waals surface area contributed by atoms with Crippen LogP contribution in [-0.4, -0.2) is 14.2 Å². The van der Waals surface area contributed by atoms with Crippen molar-refractivity contribution in [2.45, 2.75) is 6.42 Å². The largest absolute Gasteiger partial charge is 0.361 e. The molecular weight excluding hydrogens is 259 g/mol. The van der Waals surface area contributed by atoms with Crippen LogP contribution >= 0.6 is 7.60 Å². The molecule has 2 aromatic carbocycles. The molecule has 0 N–H and O–H groups in total. The van der Waals surface area contributed by atoms with Crippen molar-refractivity contribution in [1.29, 1.82) is 0 Å². The average molecular weight is 274 g/mol. The normalized spacial score (nSPS) is 13.2. The molecular formula is C15H15O3P. The maximum absolute atomic E-state index is 12.6. The SMILES string of the molecule is COP(=O)(OC)c1cccc2c1Cc1ccccc1-2. The first-order valence-electron chi connectivity index (χ1n) is 6.12. The highest BCUT2D eigenvalue weighted by atomic mass is 31.2. The quantitative estimate of drug-likeness (QED) is 0.687. The fourth-order valence-electron chi connectivity index (χ4n) is 2.67. The lowest BCUT2D eigenvalue weighted by molar-refractivity contribution is 0.287. The molecule has 4 heteroatoms. The molecule has 0 saturated carbocycles. The van der Waals surface area contributed by atoms with Gasteiger partial charge in [0.05, 0.1) is 5.30 Å². The van der Waals surface area contributed by atoms with Gasteiger partial charge in [0.2, 0.25) is 0 Å². The van der Waals surface area contributed by atoms with E-state index in [1.165, 1.54) is 25.3 Å². The number of benzene rings is 2. The maximum Gasteiger partial charge on any atom is 0.361 e. The predicted molar refractivity (Wildman–Crippen MR) is 75.9 cm³/mol. The minimum atomic E-state index is -3.20. The minimum Gasteiger partial charge on any atom is -0.309 e. The Balaban J connectivity index is 2.22. The van der Waals surface area contributed by atoms with Crippen LogP contribution in [-0.2, 0) is 20.0 Å². The Morgan fingerprint density at radius 1 is 0.947 bits per heavy atom. The summed E-state index contributed by atoms with van der Waals surface area (Å²) in [6.07, 6.45) is 0.776. The van der Waals surface area contributed by atoms with Gasteiger partial charge in [0.25, 0.3) is 0 Å². The molecule has 2 aromatic rings. The van der Waals surface area contributed by atoms with Gasteiger partial charge in [0, 0.05) is 14.2 Å². The zero-order valence-corrected chi connectivity index (χ0v) is 11.8. The molecule has 0 spiro atoms. The third-order valence-corrected chi connectivity index (χ3v) is 5.57. The smallest absolute Gasteiger partial charge is 0.309 e. The molecule has 3 nitrogen and oxygen atoms in total. The van der Waals surface area contributed by atoms with Crippen molar-refractivity contribution in [3.8, 4) is 11.1 Å². The zero-order valence-electron chi connectivity index (χ0n) is 10.9. The summed E-state index contributed by atoms with van der Waals surface area (Å²) in [7, 11) is -0.358. The molecule has 0 fully saturated rings. The first-order chi connectivity index (χ1) is 9.19. The summed E-state index contributed by atoms with van der Waals surface area (Å²) >= 11 is 0. The van der Waals surface area contributed by atoms with Crippen LogP contribution in [0.4, 0.5) is 0 Å². The number of hydrogen-bond acceptors (Lipinski definition) is 3. The maximum atomic E-state index is 12.6. The number of hydrogen-bond donors (Lipinski definition) is 0. The van der Waals surface area contributed by atoms with E-state index >= 15 is 0 Å². The summed E-state index contributed by atoms with van der Waals surface area (Å²) in [5.74, 6) is 0. The van der Waals surface area contributed by atoms with Crippen molar-refractivity contribution in [2.75, 3.05) is 14.2 Å². The first-order valence-corrected chi connectivity index (χ1v) is 7.66. The molecule has 0 radical (unpaired) electrons. The standard InChI is InChI=1S/C15H15O3P/c1-17-19(16,18-2)15-9-5-8-13-12-7-4-3-6-11(12)10-14(13)15/h3-9H,10H2,1-2H3. The zero-order chi connectivity index (χ0) is 13.5. The van der Waals surface area contributed by atoms with Gasteiger partial charge >= 0.3 is 7.60 Å². The Kier molecular flexibility index (Phi) is 3.06. The van der Waals surface area contributed by atoms with Crippen molar-refractivity contribution in [2.24, 2.45) is 0 Å². The van der Waals surface area contributed by atoms with Gasteiger partial charge in [0.1, 0.15) is 0 Å². The van der Waals surface area contributed by atoms with E-state index in [-0.39, 0.29) is 0 Å². The third kappa shape index (κ3) is 1.86. The Morgan fingerprint density at radius 2 is 1.63 bits per heavy atom. The Bertz CT molecular complexity index is 671. The van der Waals surface area contributed by atoms with E-state index in [1.54, 1.807) is 0 Å². The summed E-state index contributed by atoms with van der Waals surface area (Å²) in [6, 6.07) is 14.0. The summed E-state index contributed by atoms with van der Waals surface area (Å²) in [5.41, 5.74) is 4.64. The van der Waals surface area contributed by atoms with Gasteiger partial charge in [0.15, 0.2) is 0 Å². The van der Waals surface area contributed by atoms with Gasteiger partial charge in [-0.1, -0.05) is 36.4 Å².